The second-order valence-corrected chi connectivity index (χ2v) is 5.62. The Labute approximate surface area is 148 Å². The molecule has 1 aromatic rings. The topological polar surface area (TPSA) is 156 Å². The van der Waals surface area contributed by atoms with Crippen molar-refractivity contribution in [2.24, 2.45) is 0 Å². The van der Waals surface area contributed by atoms with Crippen molar-refractivity contribution in [3.63, 3.8) is 0 Å². The molecule has 0 amide bonds. The highest BCUT2D eigenvalue weighted by Gasteiger charge is 2.33. The second-order valence-electron chi connectivity index (χ2n) is 5.62. The van der Waals surface area contributed by atoms with E-state index in [1.165, 1.54) is 0 Å². The molecule has 0 bridgehead atoms. The number of nitrogens with zero attached hydrogens (tertiary/aromatic N) is 2. The molecule has 4 N–H and O–H groups in total. The summed E-state index contributed by atoms with van der Waals surface area (Å²) in [6.45, 7) is -1.15. The molecule has 0 spiro atoms. The summed E-state index contributed by atoms with van der Waals surface area (Å²) in [6, 6.07) is 6.58. The van der Waals surface area contributed by atoms with Crippen LogP contribution in [0.2, 0.25) is 0 Å². The molecular formula is C16H20N2O8. The van der Waals surface area contributed by atoms with Gasteiger partial charge in [-0.1, -0.05) is 24.3 Å². The highest BCUT2D eigenvalue weighted by molar-refractivity contribution is 5.74. The lowest BCUT2D eigenvalue weighted by molar-refractivity contribution is -0.148. The Morgan fingerprint density at radius 1 is 0.769 bits per heavy atom. The van der Waals surface area contributed by atoms with E-state index in [2.05, 4.69) is 0 Å². The summed E-state index contributed by atoms with van der Waals surface area (Å²) in [5.41, 5.74) is 1.07. The van der Waals surface area contributed by atoms with Gasteiger partial charge in [-0.2, -0.15) is 0 Å². The van der Waals surface area contributed by atoms with E-state index in [9.17, 15) is 19.2 Å². The Morgan fingerprint density at radius 2 is 1.12 bits per heavy atom. The number of carboxylic acids is 4. The molecule has 26 heavy (non-hydrogen) atoms. The quantitative estimate of drug-likeness (QED) is 0.390. The molecular weight excluding hydrogens is 348 g/mol. The lowest BCUT2D eigenvalue weighted by atomic mass is 10.0. The minimum absolute atomic E-state index is 0.428. The molecule has 0 aliphatic heterocycles. The van der Waals surface area contributed by atoms with Gasteiger partial charge in [0.25, 0.3) is 0 Å². The normalized spacial score (nSPS) is 11.1. The number of hydrogen-bond donors (Lipinski definition) is 4. The van der Waals surface area contributed by atoms with E-state index in [0.717, 1.165) is 9.80 Å². The zero-order chi connectivity index (χ0) is 19.9. The lowest BCUT2D eigenvalue weighted by Gasteiger charge is -2.37. The fourth-order valence-corrected chi connectivity index (χ4v) is 2.65. The van der Waals surface area contributed by atoms with Crippen LogP contribution >= 0.6 is 0 Å². The summed E-state index contributed by atoms with van der Waals surface area (Å²) in [7, 11) is 0. The molecule has 0 aromatic heterocycles. The molecule has 0 heterocycles. The van der Waals surface area contributed by atoms with Crippen LogP contribution in [0.1, 0.15) is 17.3 Å². The number of hydrogen-bond acceptors (Lipinski definition) is 6. The van der Waals surface area contributed by atoms with Crippen LogP contribution in [0.4, 0.5) is 0 Å². The lowest BCUT2D eigenvalue weighted by Crippen LogP contribution is -2.49. The van der Waals surface area contributed by atoms with E-state index in [0.29, 0.717) is 11.1 Å². The second kappa shape index (κ2) is 9.49. The number of benzene rings is 1. The monoisotopic (exact) mass is 368 g/mol. The van der Waals surface area contributed by atoms with Gasteiger partial charge in [0, 0.05) is 0 Å². The van der Waals surface area contributed by atoms with Crippen molar-refractivity contribution < 1.29 is 39.6 Å². The number of rotatable bonds is 11. The summed E-state index contributed by atoms with van der Waals surface area (Å²) in [6.07, 6.45) is -1.16. The Balaban J connectivity index is 3.47. The number of aryl methyl sites for hydroxylation is 1. The van der Waals surface area contributed by atoms with Gasteiger partial charge in [-0.15, -0.1) is 0 Å². The molecule has 0 unspecified atom stereocenters. The smallest absolute Gasteiger partial charge is 0.317 e. The first-order valence-electron chi connectivity index (χ1n) is 7.52. The van der Waals surface area contributed by atoms with Gasteiger partial charge in [-0.25, -0.2) is 0 Å². The number of aliphatic carboxylic acids is 4. The SMILES string of the molecule is Cc1ccccc1C(N(CC(=O)O)CC(=O)O)N(CC(=O)O)CC(=O)O. The zero-order valence-corrected chi connectivity index (χ0v) is 14.0. The number of carbonyl (C=O) groups is 4. The predicted molar refractivity (Wildman–Crippen MR) is 87.6 cm³/mol. The van der Waals surface area contributed by atoms with Crippen molar-refractivity contribution in [2.45, 2.75) is 13.1 Å². The molecule has 0 atom stereocenters. The maximum absolute atomic E-state index is 11.2. The molecule has 0 saturated heterocycles. The Bertz CT molecular complexity index is 623. The van der Waals surface area contributed by atoms with Gasteiger partial charge in [0.1, 0.15) is 0 Å². The van der Waals surface area contributed by atoms with Gasteiger partial charge in [-0.3, -0.25) is 29.0 Å². The average molecular weight is 368 g/mol. The highest BCUT2D eigenvalue weighted by atomic mass is 16.4. The summed E-state index contributed by atoms with van der Waals surface area (Å²) in [5.74, 6) is -5.29. The van der Waals surface area contributed by atoms with Gasteiger partial charge < -0.3 is 20.4 Å². The standard InChI is InChI=1S/C16H20N2O8/c1-10-4-2-3-5-11(10)16(17(6-12(19)20)7-13(21)22)18(8-14(23)24)9-15(25)26/h2-5,16H,6-9H2,1H3,(H,19,20)(H,21,22)(H,23,24)(H,25,26). The van der Waals surface area contributed by atoms with Crippen LogP contribution < -0.4 is 0 Å². The third-order valence-electron chi connectivity index (χ3n) is 3.51. The molecule has 0 radical (unpaired) electrons. The molecule has 1 rings (SSSR count). The van der Waals surface area contributed by atoms with Crippen LogP contribution in [-0.2, 0) is 19.2 Å². The fourth-order valence-electron chi connectivity index (χ4n) is 2.65. The Kier molecular flexibility index (Phi) is 7.69. The summed E-state index contributed by atoms with van der Waals surface area (Å²) in [5, 5.41) is 36.5. The highest BCUT2D eigenvalue weighted by Crippen LogP contribution is 2.27. The van der Waals surface area contributed by atoms with E-state index in [1.54, 1.807) is 31.2 Å². The predicted octanol–water partition coefficient (Wildman–Crippen LogP) is -0.0640. The van der Waals surface area contributed by atoms with E-state index < -0.39 is 56.2 Å². The molecule has 0 aliphatic carbocycles. The van der Waals surface area contributed by atoms with Gasteiger partial charge in [-0.05, 0) is 18.1 Å². The summed E-state index contributed by atoms with van der Waals surface area (Å²) in [4.78, 5) is 46.8. The third-order valence-corrected chi connectivity index (χ3v) is 3.51. The van der Waals surface area contributed by atoms with Gasteiger partial charge in [0.15, 0.2) is 0 Å². The van der Waals surface area contributed by atoms with Crippen LogP contribution in [0.5, 0.6) is 0 Å². The average Bonchev–Trinajstić information content (AvgIpc) is 2.46. The van der Waals surface area contributed by atoms with E-state index in [1.807, 2.05) is 0 Å². The van der Waals surface area contributed by atoms with Crippen LogP contribution in [0, 0.1) is 6.92 Å². The maximum atomic E-state index is 11.2. The minimum Gasteiger partial charge on any atom is -0.480 e. The molecule has 1 aromatic carbocycles. The van der Waals surface area contributed by atoms with Crippen LogP contribution in [0.25, 0.3) is 0 Å². The van der Waals surface area contributed by atoms with E-state index >= 15 is 0 Å². The summed E-state index contributed by atoms with van der Waals surface area (Å²) < 4.78 is 0. The van der Waals surface area contributed by atoms with Crippen molar-refractivity contribution in [1.29, 1.82) is 0 Å². The fraction of sp³-hybridized carbons (Fsp3) is 0.375. The molecule has 10 nitrogen and oxygen atoms in total. The molecule has 10 heteroatoms. The minimum atomic E-state index is -1.32. The first-order chi connectivity index (χ1) is 12.1. The van der Waals surface area contributed by atoms with Crippen LogP contribution in [0.3, 0.4) is 0 Å². The van der Waals surface area contributed by atoms with Gasteiger partial charge >= 0.3 is 23.9 Å². The van der Waals surface area contributed by atoms with Gasteiger partial charge in [0.2, 0.25) is 0 Å². The van der Waals surface area contributed by atoms with Crippen molar-refractivity contribution in [2.75, 3.05) is 26.2 Å². The van der Waals surface area contributed by atoms with Gasteiger partial charge in [0.05, 0.1) is 32.3 Å². The summed E-state index contributed by atoms with van der Waals surface area (Å²) >= 11 is 0. The molecule has 142 valence electrons. The first-order valence-corrected chi connectivity index (χ1v) is 7.52. The zero-order valence-electron chi connectivity index (χ0n) is 14.0. The molecule has 0 fully saturated rings. The molecule has 0 saturated carbocycles. The van der Waals surface area contributed by atoms with Crippen molar-refractivity contribution in [3.8, 4) is 0 Å². The van der Waals surface area contributed by atoms with Crippen molar-refractivity contribution >= 4 is 23.9 Å². The number of carboxylic acid groups (broad SMARTS) is 4. The van der Waals surface area contributed by atoms with Crippen LogP contribution in [0.15, 0.2) is 24.3 Å². The van der Waals surface area contributed by atoms with Crippen molar-refractivity contribution in [1.82, 2.24) is 9.80 Å². The first kappa shape index (κ1) is 21.1. The Morgan fingerprint density at radius 3 is 1.42 bits per heavy atom. The van der Waals surface area contributed by atoms with E-state index in [-0.39, 0.29) is 0 Å². The largest absolute Gasteiger partial charge is 0.480 e. The third kappa shape index (κ3) is 6.49. The van der Waals surface area contributed by atoms with Crippen LogP contribution in [-0.4, -0.2) is 80.3 Å². The Hall–Kier alpha value is -2.98. The maximum Gasteiger partial charge on any atom is 0.317 e. The van der Waals surface area contributed by atoms with Crippen molar-refractivity contribution in [3.05, 3.63) is 35.4 Å². The van der Waals surface area contributed by atoms with E-state index in [4.69, 9.17) is 20.4 Å². The molecule has 0 aliphatic rings.